The molecule has 0 heterocycles. The summed E-state index contributed by atoms with van der Waals surface area (Å²) in [4.78, 5) is 11.5. The van der Waals surface area contributed by atoms with Crippen LogP contribution in [-0.4, -0.2) is 43.5 Å². The number of nitrogens with two attached hydrogens (primary N) is 1. The maximum atomic E-state index is 11.5. The highest BCUT2D eigenvalue weighted by molar-refractivity contribution is 6.58. The zero-order valence-corrected chi connectivity index (χ0v) is 11.4. The van der Waals surface area contributed by atoms with Gasteiger partial charge < -0.3 is 25.3 Å². The third-order valence-corrected chi connectivity index (χ3v) is 2.03. The minimum Gasteiger partial charge on any atom is -0.460 e. The number of anilines is 1. The highest BCUT2D eigenvalue weighted by Gasteiger charge is 2.16. The fraction of sp³-hybridized carbons (Fsp3) is 0.417. The van der Waals surface area contributed by atoms with E-state index in [2.05, 4.69) is 0 Å². The number of hydrogen-bond acceptors (Lipinski definition) is 6. The number of carbonyl (C=O) groups excluding carboxylic acids is 1. The molecular formula is C12H20BNO5. The minimum atomic E-state index is -1.68. The molecule has 0 saturated heterocycles. The number of benzene rings is 1. The molecule has 0 saturated carbocycles. The Morgan fingerprint density at radius 1 is 1.26 bits per heavy atom. The van der Waals surface area contributed by atoms with Crippen molar-refractivity contribution in [1.29, 1.82) is 0 Å². The van der Waals surface area contributed by atoms with E-state index in [0.717, 1.165) is 0 Å². The Morgan fingerprint density at radius 2 is 1.89 bits per heavy atom. The molecule has 6 nitrogen and oxygen atoms in total. The molecule has 0 atom stereocenters. The molecule has 0 amide bonds. The van der Waals surface area contributed by atoms with Crippen molar-refractivity contribution in [2.75, 3.05) is 26.1 Å². The molecule has 0 radical (unpaired) electrons. The van der Waals surface area contributed by atoms with E-state index >= 15 is 0 Å². The summed E-state index contributed by atoms with van der Waals surface area (Å²) in [6, 6.07) is 4.09. The lowest BCUT2D eigenvalue weighted by Gasteiger charge is -2.07. The van der Waals surface area contributed by atoms with Crippen molar-refractivity contribution in [3.8, 4) is 0 Å². The molecule has 1 aromatic carbocycles. The summed E-state index contributed by atoms with van der Waals surface area (Å²) >= 11 is 0. The molecule has 106 valence electrons. The number of carbonyl (C=O) groups is 1. The predicted molar refractivity (Wildman–Crippen MR) is 74.2 cm³/mol. The molecule has 19 heavy (non-hydrogen) atoms. The van der Waals surface area contributed by atoms with Gasteiger partial charge in [0, 0.05) is 12.8 Å². The van der Waals surface area contributed by atoms with Gasteiger partial charge >= 0.3 is 13.1 Å². The average molecular weight is 269 g/mol. The monoisotopic (exact) mass is 269 g/mol. The molecule has 1 aromatic rings. The summed E-state index contributed by atoms with van der Waals surface area (Å²) in [6.07, 6.45) is 0. The minimum absolute atomic E-state index is 0.126. The average Bonchev–Trinajstić information content (AvgIpc) is 2.40. The van der Waals surface area contributed by atoms with E-state index in [4.69, 9.17) is 25.3 Å². The Bertz CT molecular complexity index is 398. The quantitative estimate of drug-likeness (QED) is 0.295. The molecule has 0 aliphatic carbocycles. The van der Waals surface area contributed by atoms with Gasteiger partial charge in [-0.2, -0.15) is 0 Å². The van der Waals surface area contributed by atoms with Crippen LogP contribution in [0.25, 0.3) is 0 Å². The largest absolute Gasteiger partial charge is 0.488 e. The van der Waals surface area contributed by atoms with Crippen molar-refractivity contribution in [3.63, 3.8) is 0 Å². The molecule has 0 fully saturated rings. The molecule has 0 aromatic heterocycles. The molecule has 0 bridgehead atoms. The lowest BCUT2D eigenvalue weighted by molar-refractivity contribution is 0.0388. The molecular weight excluding hydrogens is 249 g/mol. The van der Waals surface area contributed by atoms with Crippen LogP contribution in [0.3, 0.4) is 0 Å². The Kier molecular flexibility index (Phi) is 8.60. The maximum Gasteiger partial charge on any atom is 0.488 e. The maximum absolute atomic E-state index is 11.5. The van der Waals surface area contributed by atoms with Crippen LogP contribution in [-0.2, 0) is 9.47 Å². The summed E-state index contributed by atoms with van der Waals surface area (Å²) in [5.74, 6) is -0.587. The first kappa shape index (κ1) is 17.4. The molecule has 0 spiro atoms. The molecule has 0 aliphatic heterocycles. The van der Waals surface area contributed by atoms with Gasteiger partial charge in [0.1, 0.15) is 6.61 Å². The number of rotatable bonds is 5. The van der Waals surface area contributed by atoms with E-state index in [-0.39, 0.29) is 23.3 Å². The van der Waals surface area contributed by atoms with Crippen molar-refractivity contribution in [2.24, 2.45) is 0 Å². The van der Waals surface area contributed by atoms with Crippen molar-refractivity contribution < 1.29 is 24.3 Å². The summed E-state index contributed by atoms with van der Waals surface area (Å²) in [7, 11) is -0.182. The number of methoxy groups -OCH3 is 1. The van der Waals surface area contributed by atoms with Crippen LogP contribution < -0.4 is 11.2 Å². The zero-order chi connectivity index (χ0) is 14.8. The molecule has 7 heteroatoms. The smallest absolute Gasteiger partial charge is 0.460 e. The van der Waals surface area contributed by atoms with Gasteiger partial charge in [-0.15, -0.1) is 0 Å². The Hall–Kier alpha value is -1.57. The van der Waals surface area contributed by atoms with Gasteiger partial charge in [0.2, 0.25) is 0 Å². The second kappa shape index (κ2) is 9.38. The number of ether oxygens (including phenoxy) is 2. The molecule has 4 N–H and O–H groups in total. The van der Waals surface area contributed by atoms with Gasteiger partial charge in [-0.25, -0.2) is 4.79 Å². The highest BCUT2D eigenvalue weighted by atomic mass is 16.6. The molecule has 1 rings (SSSR count). The third kappa shape index (κ3) is 6.24. The summed E-state index contributed by atoms with van der Waals surface area (Å²) in [5, 5.41) is 18.0. The topological polar surface area (TPSA) is 102 Å². The van der Waals surface area contributed by atoms with Gasteiger partial charge in [-0.3, -0.25) is 0 Å². The van der Waals surface area contributed by atoms with E-state index in [0.29, 0.717) is 6.61 Å². The summed E-state index contributed by atoms with van der Waals surface area (Å²) in [6.45, 7) is 4.42. The fourth-order valence-electron chi connectivity index (χ4n) is 1.24. The normalized spacial score (nSPS) is 9.32. The van der Waals surface area contributed by atoms with E-state index in [9.17, 15) is 4.79 Å². The fourth-order valence-corrected chi connectivity index (χ4v) is 1.24. The van der Waals surface area contributed by atoms with Gasteiger partial charge in [0.25, 0.3) is 0 Å². The standard InChI is InChI=1S/C10H14BNO5.C2H6/c1-16-2-3-17-10(13)7-4-8(11(14)15)6-9(12)5-7;1-2/h4-6,14-15H,2-3,12H2,1H3;1-2H3. The molecule has 0 unspecified atom stereocenters. The van der Waals surface area contributed by atoms with Crippen LogP contribution in [0.15, 0.2) is 18.2 Å². The van der Waals surface area contributed by atoms with Crippen LogP contribution in [0.5, 0.6) is 0 Å². The lowest BCUT2D eigenvalue weighted by Crippen LogP contribution is -2.31. The third-order valence-electron chi connectivity index (χ3n) is 2.03. The Balaban J connectivity index is 0.00000154. The van der Waals surface area contributed by atoms with E-state index in [1.165, 1.54) is 25.3 Å². The Labute approximate surface area is 113 Å². The zero-order valence-electron chi connectivity index (χ0n) is 11.4. The first-order valence-corrected chi connectivity index (χ1v) is 5.97. The van der Waals surface area contributed by atoms with Crippen molar-refractivity contribution in [2.45, 2.75) is 13.8 Å². The van der Waals surface area contributed by atoms with Gasteiger partial charge in [-0.05, 0) is 23.7 Å². The SMILES string of the molecule is CC.COCCOC(=O)c1cc(N)cc(B(O)O)c1. The first-order valence-electron chi connectivity index (χ1n) is 5.97. The lowest BCUT2D eigenvalue weighted by atomic mass is 9.79. The molecule has 0 aliphatic rings. The summed E-state index contributed by atoms with van der Waals surface area (Å²) < 4.78 is 9.61. The van der Waals surface area contributed by atoms with Gasteiger partial charge in [-0.1, -0.05) is 13.8 Å². The van der Waals surface area contributed by atoms with E-state index in [1.54, 1.807) is 0 Å². The van der Waals surface area contributed by atoms with Crippen LogP contribution in [0.4, 0.5) is 5.69 Å². The van der Waals surface area contributed by atoms with Crippen molar-refractivity contribution >= 4 is 24.2 Å². The second-order valence-corrected chi connectivity index (χ2v) is 3.39. The van der Waals surface area contributed by atoms with Crippen LogP contribution in [0, 0.1) is 0 Å². The Morgan fingerprint density at radius 3 is 2.42 bits per heavy atom. The second-order valence-electron chi connectivity index (χ2n) is 3.39. The van der Waals surface area contributed by atoms with Gasteiger partial charge in [0.05, 0.1) is 12.2 Å². The van der Waals surface area contributed by atoms with Crippen molar-refractivity contribution in [3.05, 3.63) is 23.8 Å². The number of hydrogen-bond donors (Lipinski definition) is 3. The van der Waals surface area contributed by atoms with Crippen LogP contribution in [0.2, 0.25) is 0 Å². The number of esters is 1. The van der Waals surface area contributed by atoms with Gasteiger partial charge in [0.15, 0.2) is 0 Å². The predicted octanol–water partition coefficient (Wildman–Crippen LogP) is -0.222. The summed E-state index contributed by atoms with van der Waals surface area (Å²) in [5.41, 5.74) is 6.11. The first-order chi connectivity index (χ1) is 9.04. The van der Waals surface area contributed by atoms with E-state index < -0.39 is 13.1 Å². The van der Waals surface area contributed by atoms with Crippen LogP contribution in [0.1, 0.15) is 24.2 Å². The van der Waals surface area contributed by atoms with Crippen molar-refractivity contribution in [1.82, 2.24) is 0 Å². The van der Waals surface area contributed by atoms with E-state index in [1.807, 2.05) is 13.8 Å². The number of nitrogen functional groups attached to an aromatic ring is 1. The highest BCUT2D eigenvalue weighted by Crippen LogP contribution is 2.07. The van der Waals surface area contributed by atoms with Crippen LogP contribution >= 0.6 is 0 Å².